The Morgan fingerprint density at radius 3 is 1.73 bits per heavy atom. The zero-order valence-electron chi connectivity index (χ0n) is 83.1. The smallest absolute Gasteiger partial charge is 0.245 e. The van der Waals surface area contributed by atoms with E-state index in [0.717, 1.165) is 88.3 Å². The third kappa shape index (κ3) is 24.9. The predicted octanol–water partition coefficient (Wildman–Crippen LogP) is 21.1. The van der Waals surface area contributed by atoms with Crippen LogP contribution in [0.5, 0.6) is 0 Å². The third-order valence-corrected chi connectivity index (χ3v) is 30.1. The number of aryl methyl sites for hydroxylation is 1. The molecule has 143 heavy (non-hydrogen) atoms. The summed E-state index contributed by atoms with van der Waals surface area (Å²) in [6.45, 7) is 47.2. The molecule has 0 saturated carbocycles. The Bertz CT molecular complexity index is 7100. The normalized spacial score (nSPS) is 15.6. The number of carbonyl (C=O) groups is 1. The number of fused-ring (bicyclic) bond motifs is 13. The Morgan fingerprint density at radius 1 is 0.524 bits per heavy atom. The number of rotatable bonds is 23. The van der Waals surface area contributed by atoms with Crippen molar-refractivity contribution in [1.82, 2.24) is 19.3 Å². The van der Waals surface area contributed by atoms with Gasteiger partial charge in [-0.3, -0.25) is 14.8 Å². The number of ketones is 1. The van der Waals surface area contributed by atoms with Crippen LogP contribution in [-0.2, 0) is 65.2 Å². The Hall–Kier alpha value is -10.5. The molecular formula is C118H144ClCuIN12NiO7S2. The minimum absolute atomic E-state index is 0. The molecule has 25 heteroatoms. The molecule has 11 aromatic rings. The average Bonchev–Trinajstić information content (AvgIpc) is 1.57. The molecule has 0 bridgehead atoms. The molecule has 0 saturated heterocycles. The molecule has 7 aliphatic rings. The fourth-order valence-electron chi connectivity index (χ4n) is 20.2. The van der Waals surface area contributed by atoms with E-state index in [1.54, 1.807) is 41.8 Å². The van der Waals surface area contributed by atoms with E-state index in [1.165, 1.54) is 124 Å². The minimum Gasteiger partial charge on any atom is -1.00 e. The van der Waals surface area contributed by atoms with Crippen LogP contribution in [0.2, 0.25) is 0 Å². The molecule has 0 fully saturated rings. The Morgan fingerprint density at radius 2 is 1.10 bits per heavy atom. The topological polar surface area (TPSA) is 229 Å². The van der Waals surface area contributed by atoms with Crippen LogP contribution in [0.1, 0.15) is 217 Å². The van der Waals surface area contributed by atoms with Gasteiger partial charge in [-0.2, -0.15) is 13.5 Å². The van der Waals surface area contributed by atoms with Crippen LogP contribution < -0.4 is 67.6 Å². The Kier molecular flexibility index (Phi) is 42.6. The summed E-state index contributed by atoms with van der Waals surface area (Å²) in [4.78, 5) is 46.4. The molecule has 765 valence electrons. The largest absolute Gasteiger partial charge is 1.00 e. The van der Waals surface area contributed by atoms with Crippen molar-refractivity contribution in [2.75, 3.05) is 85.6 Å². The second-order valence-electron chi connectivity index (χ2n) is 36.8. The number of hydrogen-bond donors (Lipinski definition) is 0. The molecule has 0 spiro atoms. The summed E-state index contributed by atoms with van der Waals surface area (Å²) in [7, 11) is -6.42. The van der Waals surface area contributed by atoms with Crippen molar-refractivity contribution in [3.05, 3.63) is 329 Å². The summed E-state index contributed by atoms with van der Waals surface area (Å²) in [5.41, 5.74) is 25.5. The van der Waals surface area contributed by atoms with Crippen molar-refractivity contribution in [3.63, 3.8) is 0 Å². The van der Waals surface area contributed by atoms with E-state index in [0.29, 0.717) is 54.5 Å². The number of sulfonamides is 1. The fraction of sp³-hybridized carbons (Fsp3) is 0.339. The molecule has 0 amide bonds. The van der Waals surface area contributed by atoms with E-state index in [-0.39, 0.29) is 120 Å². The summed E-state index contributed by atoms with van der Waals surface area (Å²) in [6.07, 6.45) is 25.1. The van der Waals surface area contributed by atoms with Crippen LogP contribution in [0.15, 0.2) is 300 Å². The van der Waals surface area contributed by atoms with Crippen molar-refractivity contribution in [1.29, 1.82) is 0 Å². The van der Waals surface area contributed by atoms with Gasteiger partial charge in [0.25, 0.3) is 0 Å². The van der Waals surface area contributed by atoms with E-state index >= 15 is 0 Å². The maximum Gasteiger partial charge on any atom is 0.245 e. The van der Waals surface area contributed by atoms with Crippen LogP contribution in [0.4, 0.5) is 45.5 Å². The number of aromatic nitrogens is 3. The second-order valence-corrected chi connectivity index (χ2v) is 40.6. The van der Waals surface area contributed by atoms with Crippen LogP contribution in [0.3, 0.4) is 0 Å². The van der Waals surface area contributed by atoms with Gasteiger partial charge in [-0.1, -0.05) is 214 Å². The number of allylic oxidation sites excluding steroid dienone is 10. The molecule has 0 unspecified atom stereocenters. The van der Waals surface area contributed by atoms with Crippen molar-refractivity contribution in [2.45, 2.75) is 207 Å². The van der Waals surface area contributed by atoms with Gasteiger partial charge < -0.3 is 43.6 Å². The van der Waals surface area contributed by atoms with Crippen LogP contribution in [0.25, 0.3) is 53.2 Å². The molecular weight excluding hydrogens is 2050 g/mol. The molecule has 19 nitrogen and oxygen atoms in total. The van der Waals surface area contributed by atoms with E-state index in [4.69, 9.17) is 28.6 Å². The summed E-state index contributed by atoms with van der Waals surface area (Å²) in [5.74, 6) is -0.170. The van der Waals surface area contributed by atoms with Crippen LogP contribution in [-0.4, -0.2) is 126 Å². The molecule has 9 aromatic carbocycles. The average molecular weight is 2190 g/mol. The van der Waals surface area contributed by atoms with Gasteiger partial charge in [-0.25, -0.2) is 42.0 Å². The Labute approximate surface area is 894 Å². The number of para-hydroxylation sites is 3. The summed E-state index contributed by atoms with van der Waals surface area (Å²) in [5, 5.41) is 7.32. The maximum absolute atomic E-state index is 13.4. The zero-order valence-corrected chi connectivity index (χ0v) is 89.6. The second kappa shape index (κ2) is 51.0. The fourth-order valence-corrected chi connectivity index (χ4v) is 22.9. The molecule has 5 aliphatic heterocycles. The van der Waals surface area contributed by atoms with Gasteiger partial charge in [0.05, 0.1) is 59.6 Å². The van der Waals surface area contributed by atoms with Gasteiger partial charge in [0, 0.05) is 190 Å². The van der Waals surface area contributed by atoms with E-state index in [2.05, 4.69) is 349 Å². The number of nitrogens with zero attached hydrogens (tertiary/aromatic N) is 12. The summed E-state index contributed by atoms with van der Waals surface area (Å²) < 4.78 is 68.3. The molecule has 0 N–H and O–H groups in total. The third-order valence-electron chi connectivity index (χ3n) is 26.9. The van der Waals surface area contributed by atoms with Gasteiger partial charge >= 0.3 is 0 Å². The zero-order chi connectivity index (χ0) is 97.3. The number of pyridine rings is 2. The number of anilines is 4. The molecule has 0 atom stereocenters. The first-order valence-corrected chi connectivity index (χ1v) is 51.2. The van der Waals surface area contributed by atoms with Crippen molar-refractivity contribution >= 4 is 132 Å². The minimum atomic E-state index is -4.94. The van der Waals surface area contributed by atoms with Crippen molar-refractivity contribution < 1.29 is 109 Å². The monoisotopic (exact) mass is 2190 g/mol. The first-order valence-electron chi connectivity index (χ1n) is 47.7. The van der Waals surface area contributed by atoms with E-state index < -0.39 is 20.3 Å². The quantitative estimate of drug-likeness (QED) is 0.0191. The number of aliphatic imine (C=N–C) groups is 1. The molecule has 1 radical (unpaired) electrons. The van der Waals surface area contributed by atoms with Crippen LogP contribution >= 0.6 is 11.3 Å². The maximum atomic E-state index is 13.4. The molecule has 7 heterocycles. The van der Waals surface area contributed by atoms with Gasteiger partial charge in [0.2, 0.25) is 27.2 Å². The molecule has 2 aromatic heterocycles. The number of carbonyl (C=O) groups excluding carboxylic acids is 1. The number of hydrogen-bond acceptors (Lipinski definition) is 17. The van der Waals surface area contributed by atoms with Gasteiger partial charge in [-0.05, 0) is 235 Å². The number of benzene rings is 10. The van der Waals surface area contributed by atoms with Crippen molar-refractivity contribution in [2.24, 2.45) is 9.98 Å². The first kappa shape index (κ1) is 119. The van der Waals surface area contributed by atoms with Crippen LogP contribution in [0, 0.1) is 17.2 Å². The summed E-state index contributed by atoms with van der Waals surface area (Å²) in [6, 6.07) is 74.3. The van der Waals surface area contributed by atoms with E-state index in [9.17, 15) is 13.2 Å². The number of unbranched alkanes of at least 4 members (excludes halogenated alkanes) is 1. The number of halogens is 2. The molecule has 18 rings (SSSR count). The van der Waals surface area contributed by atoms with Gasteiger partial charge in [0.1, 0.15) is 29.9 Å². The standard InChI is InChI=1S/C36H39N2.C29H37N2.C26H24N4S.C23H28N4O3S.4CH4.ClHO4.Cu.HI.Ni/c1-7-8-24-38-30-23-21-26-15-10-12-17-28(26)34(30)36(4,5)32(38)19-13-18-31-35(2,3)33-27-16-11-9-14-25(27)20-22-29(33)37(31)6;1-7-20-30-24-16-11-9-14-22(24)28(3,4)26(30)18-13-19-27-29(5,6)23-15-10-12-17-25(23)31(27)21-8-2;1-4-30(5-2)18-12-13-20(17(3)15-18)28-22-16-24-26(25-19(22)9-8-14-27-25)29-21-10-6-7-11-23(21)31-24;1-5-26(6-2)20-13-11-17(16-22(20)31(29,30)27(7-3)8-4)25-19-12-14-21(28)23-18(19)10-9-15-24-23;;;;;2-1(3,4)5;;;/h9-23H,7-8,24H2,1-6H3;9-19H,7-8,20-21H2,1-6H3;6-16H,4-5H2,1-3H3;9-16H,5-8H2,1-4H3;4*1H4;(H,2,3,4,5);;1H;/q2*+1;;;;;;;;;;/p-2. The molecule has 2 aliphatic carbocycles. The summed E-state index contributed by atoms with van der Waals surface area (Å²) >= 11 is 1.74. The predicted molar refractivity (Wildman–Crippen MR) is 581 cm³/mol. The van der Waals surface area contributed by atoms with E-state index in [1.807, 2.05) is 63.1 Å². The SMILES string of the molecule is C.C.C.C.CCCCN1/C(=C/C=C/C2=[N+](C)c3ccc4ccccc4c3C2(C)C)C(C)(C)c2c1ccc1ccccc21.CCCN1C(=CC=CC2=[N+](CCC)c3ccccc3C2(C)C)C(C)(C)c2ccccc21.CCN(CC)c1ccc(N=C2C=CC(=O)c3ncccc32)cc1S(=O)(=O)N(CC)CC.CCN(CC)c1ccc(N=c2cc3sc4ccccc4nc-3c3ncccc23)c(C)c1.[Cu].[I-].[Ni].[O-][Cl+3]([O-])([O-])[O-]. The van der Waals surface area contributed by atoms with Crippen molar-refractivity contribution in [3.8, 4) is 10.6 Å². The Balaban J connectivity index is 0.000000251. The van der Waals surface area contributed by atoms with Gasteiger partial charge in [-0.15, -0.1) is 21.6 Å². The van der Waals surface area contributed by atoms with Gasteiger partial charge in [0.15, 0.2) is 11.4 Å². The first-order chi connectivity index (χ1) is 65.1.